The molecule has 13 atom stereocenters. The van der Waals surface area contributed by atoms with E-state index in [4.69, 9.17) is 41.9 Å². The van der Waals surface area contributed by atoms with Crippen molar-refractivity contribution in [2.24, 2.45) is 22.9 Å². The van der Waals surface area contributed by atoms with Gasteiger partial charge in [0.15, 0.2) is 12.6 Å². The zero-order valence-corrected chi connectivity index (χ0v) is 19.2. The Balaban J connectivity index is 1.73. The number of hydrogen-bond donors (Lipinski definition) is 9. The van der Waals surface area contributed by atoms with Gasteiger partial charge in [-0.1, -0.05) is 0 Å². The summed E-state index contributed by atoms with van der Waals surface area (Å²) in [6.45, 7) is 1.26. The minimum Gasteiger partial charge on any atom is -0.394 e. The van der Waals surface area contributed by atoms with Crippen molar-refractivity contribution in [1.82, 2.24) is 5.32 Å². The molecule has 2 saturated heterocycles. The van der Waals surface area contributed by atoms with Gasteiger partial charge in [0.1, 0.15) is 36.1 Å². The monoisotopic (exact) mass is 479 g/mol. The maximum absolute atomic E-state index is 11.1. The largest absolute Gasteiger partial charge is 0.394 e. The topological polar surface area (TPSA) is 234 Å². The number of likely N-dealkylation sites (N-methyl/N-ethyl adjacent to an activating group) is 1. The highest BCUT2D eigenvalue weighted by Gasteiger charge is 2.54. The highest BCUT2D eigenvalue weighted by molar-refractivity contribution is 5.04. The summed E-state index contributed by atoms with van der Waals surface area (Å²) in [6.07, 6.45) is -6.22. The summed E-state index contributed by atoms with van der Waals surface area (Å²) in [6, 6.07) is -2.58. The zero-order chi connectivity index (χ0) is 24.5. The molecule has 1 saturated carbocycles. The van der Waals surface area contributed by atoms with E-state index < -0.39 is 79.5 Å². The second-order valence-corrected chi connectivity index (χ2v) is 9.52. The lowest BCUT2D eigenvalue weighted by molar-refractivity contribution is -0.330. The molecule has 13 N–H and O–H groups in total. The van der Waals surface area contributed by atoms with Crippen LogP contribution < -0.4 is 28.3 Å². The van der Waals surface area contributed by atoms with Gasteiger partial charge in [0.05, 0.1) is 24.8 Å². The molecule has 13 unspecified atom stereocenters. The first-order chi connectivity index (χ1) is 15.5. The van der Waals surface area contributed by atoms with Crippen molar-refractivity contribution in [2.75, 3.05) is 20.2 Å². The van der Waals surface area contributed by atoms with Crippen molar-refractivity contribution >= 4 is 0 Å². The third-order valence-corrected chi connectivity index (χ3v) is 7.08. The normalized spacial score (nSPS) is 51.5. The number of nitrogens with two attached hydrogens (primary N) is 4. The molecule has 33 heavy (non-hydrogen) atoms. The maximum atomic E-state index is 11.1. The Kier molecular flexibility index (Phi) is 9.05. The van der Waals surface area contributed by atoms with Crippen LogP contribution in [-0.4, -0.2) is 120 Å². The van der Waals surface area contributed by atoms with Crippen molar-refractivity contribution in [1.29, 1.82) is 0 Å². The SMILES string of the molecule is CNC1C(O)C(OC2C(N)CC(N)C(OC3OC(CN)CCC3N)C2O)OC(CO)C1(C)O. The van der Waals surface area contributed by atoms with Crippen molar-refractivity contribution in [3.8, 4) is 0 Å². The first kappa shape index (κ1) is 27.1. The van der Waals surface area contributed by atoms with Crippen molar-refractivity contribution in [3.05, 3.63) is 0 Å². The van der Waals surface area contributed by atoms with Crippen LogP contribution in [0.3, 0.4) is 0 Å². The van der Waals surface area contributed by atoms with Crippen LogP contribution in [0.4, 0.5) is 0 Å². The summed E-state index contributed by atoms with van der Waals surface area (Å²) in [5.41, 5.74) is 22.8. The van der Waals surface area contributed by atoms with Gasteiger partial charge in [0.2, 0.25) is 0 Å². The Morgan fingerprint density at radius 3 is 2.12 bits per heavy atom. The molecule has 2 heterocycles. The molecule has 13 heteroatoms. The van der Waals surface area contributed by atoms with Crippen LogP contribution in [0.2, 0.25) is 0 Å². The predicted molar refractivity (Wildman–Crippen MR) is 116 cm³/mol. The summed E-state index contributed by atoms with van der Waals surface area (Å²) >= 11 is 0. The summed E-state index contributed by atoms with van der Waals surface area (Å²) in [5, 5.41) is 45.1. The molecule has 3 fully saturated rings. The summed E-state index contributed by atoms with van der Waals surface area (Å²) in [4.78, 5) is 0. The highest BCUT2D eigenvalue weighted by Crippen LogP contribution is 2.33. The Labute approximate surface area is 193 Å². The van der Waals surface area contributed by atoms with Gasteiger partial charge < -0.3 is 67.6 Å². The molecule has 0 aromatic rings. The van der Waals surface area contributed by atoms with Crippen LogP contribution in [0.5, 0.6) is 0 Å². The Morgan fingerprint density at radius 1 is 0.970 bits per heavy atom. The van der Waals surface area contributed by atoms with Crippen LogP contribution in [-0.2, 0) is 18.9 Å². The summed E-state index contributed by atoms with van der Waals surface area (Å²) < 4.78 is 23.4. The van der Waals surface area contributed by atoms with Crippen molar-refractivity contribution < 1.29 is 39.4 Å². The first-order valence-corrected chi connectivity index (χ1v) is 11.5. The molecule has 13 nitrogen and oxygen atoms in total. The molecule has 0 radical (unpaired) electrons. The van der Waals surface area contributed by atoms with Crippen LogP contribution in [0, 0.1) is 0 Å². The van der Waals surface area contributed by atoms with E-state index in [2.05, 4.69) is 5.32 Å². The van der Waals surface area contributed by atoms with Gasteiger partial charge in [-0.2, -0.15) is 0 Å². The van der Waals surface area contributed by atoms with Crippen molar-refractivity contribution in [2.45, 2.75) is 105 Å². The van der Waals surface area contributed by atoms with Crippen molar-refractivity contribution in [3.63, 3.8) is 0 Å². The molecule has 3 aliphatic rings. The fraction of sp³-hybridized carbons (Fsp3) is 1.00. The zero-order valence-electron chi connectivity index (χ0n) is 19.2. The molecule has 0 aromatic carbocycles. The van der Waals surface area contributed by atoms with Gasteiger partial charge in [0.25, 0.3) is 0 Å². The van der Waals surface area contributed by atoms with Crippen LogP contribution >= 0.6 is 0 Å². The van der Waals surface area contributed by atoms with E-state index in [0.717, 1.165) is 0 Å². The molecular formula is C20H41N5O8. The Bertz CT molecular complexity index is 633. The minimum atomic E-state index is -1.57. The highest BCUT2D eigenvalue weighted by atomic mass is 16.7. The van der Waals surface area contributed by atoms with E-state index in [1.807, 2.05) is 0 Å². The second-order valence-electron chi connectivity index (χ2n) is 9.52. The van der Waals surface area contributed by atoms with Gasteiger partial charge in [-0.25, -0.2) is 0 Å². The second kappa shape index (κ2) is 11.0. The molecular weight excluding hydrogens is 438 g/mol. The van der Waals surface area contributed by atoms with Gasteiger partial charge in [-0.15, -0.1) is 0 Å². The van der Waals surface area contributed by atoms with E-state index in [1.165, 1.54) is 6.92 Å². The quantitative estimate of drug-likeness (QED) is 0.167. The van der Waals surface area contributed by atoms with Gasteiger partial charge in [0, 0.05) is 18.6 Å². The standard InChI is InChI=1S/C20H41N5O8/c1-20(29)12(7-26)31-19(14(28)17(20)25-2)33-16-11(24)5-10(23)15(13(16)27)32-18-9(22)4-3-8(6-21)30-18/h8-19,25-29H,3-7,21-24H2,1-2H3. The lowest BCUT2D eigenvalue weighted by Gasteiger charge is -2.50. The van der Waals surface area contributed by atoms with Crippen LogP contribution in [0.1, 0.15) is 26.2 Å². The van der Waals surface area contributed by atoms with Gasteiger partial charge in [-0.3, -0.25) is 0 Å². The van der Waals surface area contributed by atoms with Crippen LogP contribution in [0.15, 0.2) is 0 Å². The van der Waals surface area contributed by atoms with E-state index >= 15 is 0 Å². The fourth-order valence-corrected chi connectivity index (χ4v) is 5.01. The summed E-state index contributed by atoms with van der Waals surface area (Å²) in [5.74, 6) is 0. The van der Waals surface area contributed by atoms with Gasteiger partial charge >= 0.3 is 0 Å². The number of aliphatic hydroxyl groups excluding tert-OH is 3. The number of aliphatic hydroxyl groups is 4. The molecule has 0 amide bonds. The van der Waals surface area contributed by atoms with E-state index in [9.17, 15) is 20.4 Å². The third kappa shape index (κ3) is 5.51. The number of hydrogen-bond acceptors (Lipinski definition) is 13. The molecule has 2 aliphatic heterocycles. The predicted octanol–water partition coefficient (Wildman–Crippen LogP) is -4.62. The third-order valence-electron chi connectivity index (χ3n) is 7.08. The smallest absolute Gasteiger partial charge is 0.186 e. The fourth-order valence-electron chi connectivity index (χ4n) is 5.01. The average Bonchev–Trinajstić information content (AvgIpc) is 2.76. The molecule has 0 bridgehead atoms. The van der Waals surface area contributed by atoms with E-state index in [0.29, 0.717) is 19.4 Å². The maximum Gasteiger partial charge on any atom is 0.186 e. The number of ether oxygens (including phenoxy) is 4. The Hall–Kier alpha value is -0.520. The average molecular weight is 480 g/mol. The number of rotatable bonds is 7. The molecule has 3 rings (SSSR count). The first-order valence-electron chi connectivity index (χ1n) is 11.5. The lowest BCUT2D eigenvalue weighted by Crippen LogP contribution is -2.71. The number of nitrogens with one attached hydrogen (secondary N) is 1. The molecule has 194 valence electrons. The van der Waals surface area contributed by atoms with Crippen LogP contribution in [0.25, 0.3) is 0 Å². The minimum absolute atomic E-state index is 0.200. The lowest BCUT2D eigenvalue weighted by atomic mass is 9.82. The molecule has 1 aliphatic carbocycles. The molecule has 0 spiro atoms. The molecule has 0 aromatic heterocycles. The van der Waals surface area contributed by atoms with Gasteiger partial charge in [-0.05, 0) is 33.2 Å². The summed E-state index contributed by atoms with van der Waals surface area (Å²) in [7, 11) is 1.56. The van der Waals surface area contributed by atoms with E-state index in [-0.39, 0.29) is 12.5 Å². The Morgan fingerprint density at radius 2 is 1.58 bits per heavy atom. The van der Waals surface area contributed by atoms with E-state index in [1.54, 1.807) is 7.05 Å².